The molecule has 0 aromatic heterocycles. The molecule has 21 heavy (non-hydrogen) atoms. The fourth-order valence-electron chi connectivity index (χ4n) is 1.95. The topological polar surface area (TPSA) is 106 Å². The van der Waals surface area contributed by atoms with E-state index in [-0.39, 0.29) is 32.1 Å². The smallest absolute Gasteiger partial charge is 0.217 e. The summed E-state index contributed by atoms with van der Waals surface area (Å²) in [7, 11) is -3.47. The number of nitrogens with zero attached hydrogens (tertiary/aromatic N) is 2. The van der Waals surface area contributed by atoms with Crippen molar-refractivity contribution in [1.82, 2.24) is 4.31 Å². The molecule has 1 atom stereocenters. The van der Waals surface area contributed by atoms with Gasteiger partial charge in [-0.1, -0.05) is 12.1 Å². The first kappa shape index (κ1) is 15.6. The number of para-hydroxylation sites is 2. The van der Waals surface area contributed by atoms with Crippen molar-refractivity contribution >= 4 is 15.7 Å². The van der Waals surface area contributed by atoms with Crippen molar-refractivity contribution in [3.05, 3.63) is 24.3 Å². The molecule has 1 aliphatic rings. The van der Waals surface area contributed by atoms with Crippen molar-refractivity contribution in [2.75, 3.05) is 37.8 Å². The van der Waals surface area contributed by atoms with Crippen LogP contribution >= 0.6 is 0 Å². The van der Waals surface area contributed by atoms with Crippen LogP contribution < -0.4 is 10.5 Å². The highest BCUT2D eigenvalue weighted by Crippen LogP contribution is 2.20. The summed E-state index contributed by atoms with van der Waals surface area (Å²) in [5.74, 6) is 0.295. The van der Waals surface area contributed by atoms with E-state index < -0.39 is 16.1 Å². The Hall–Kier alpha value is -1.82. The van der Waals surface area contributed by atoms with Crippen molar-refractivity contribution < 1.29 is 17.9 Å². The van der Waals surface area contributed by atoms with E-state index in [9.17, 15) is 8.42 Å². The molecule has 8 heteroatoms. The van der Waals surface area contributed by atoms with Crippen LogP contribution in [0.3, 0.4) is 0 Å². The molecule has 1 aliphatic heterocycles. The van der Waals surface area contributed by atoms with Crippen molar-refractivity contribution in [2.24, 2.45) is 0 Å². The minimum atomic E-state index is -3.47. The standard InChI is InChI=1S/C13H17N3O4S/c14-9-11-10-16(5-6-19-11)21(17,18)8-7-20-13-4-2-1-3-12(13)15/h1-4,11H,5-8,10,15H2. The normalized spacial score (nSPS) is 19.9. The number of nitriles is 1. The summed E-state index contributed by atoms with van der Waals surface area (Å²) >= 11 is 0. The number of nitrogen functional groups attached to an aromatic ring is 1. The van der Waals surface area contributed by atoms with Gasteiger partial charge in [0.1, 0.15) is 12.4 Å². The van der Waals surface area contributed by atoms with E-state index in [4.69, 9.17) is 20.5 Å². The second kappa shape index (κ2) is 6.76. The van der Waals surface area contributed by atoms with Crippen LogP contribution in [0.5, 0.6) is 5.75 Å². The lowest BCUT2D eigenvalue weighted by atomic mass is 10.3. The maximum atomic E-state index is 12.2. The Balaban J connectivity index is 1.90. The number of hydrogen-bond acceptors (Lipinski definition) is 6. The average molecular weight is 311 g/mol. The summed E-state index contributed by atoms with van der Waals surface area (Å²) < 4.78 is 36.1. The molecule has 1 heterocycles. The molecule has 7 nitrogen and oxygen atoms in total. The highest BCUT2D eigenvalue weighted by Gasteiger charge is 2.29. The third-order valence-corrected chi connectivity index (χ3v) is 4.89. The zero-order chi connectivity index (χ0) is 15.3. The molecule has 1 unspecified atom stereocenters. The van der Waals surface area contributed by atoms with Gasteiger partial charge in [-0.3, -0.25) is 0 Å². The number of anilines is 1. The van der Waals surface area contributed by atoms with Gasteiger partial charge in [-0.2, -0.15) is 9.57 Å². The Bertz CT molecular complexity index is 627. The predicted octanol–water partition coefficient (Wildman–Crippen LogP) is 0.202. The molecule has 0 radical (unpaired) electrons. The van der Waals surface area contributed by atoms with Crippen LogP contribution in [0.15, 0.2) is 24.3 Å². The Morgan fingerprint density at radius 1 is 1.48 bits per heavy atom. The molecule has 2 rings (SSSR count). The van der Waals surface area contributed by atoms with Crippen molar-refractivity contribution in [2.45, 2.75) is 6.10 Å². The quantitative estimate of drug-likeness (QED) is 0.779. The van der Waals surface area contributed by atoms with Crippen LogP contribution in [0.1, 0.15) is 0 Å². The minimum absolute atomic E-state index is 0.00508. The lowest BCUT2D eigenvalue weighted by Gasteiger charge is -2.28. The summed E-state index contributed by atoms with van der Waals surface area (Å²) in [6.07, 6.45) is -0.709. The molecule has 1 aromatic carbocycles. The van der Waals surface area contributed by atoms with Gasteiger partial charge in [0, 0.05) is 6.54 Å². The van der Waals surface area contributed by atoms with Gasteiger partial charge in [-0.05, 0) is 12.1 Å². The van der Waals surface area contributed by atoms with E-state index in [0.717, 1.165) is 0 Å². The largest absolute Gasteiger partial charge is 0.490 e. The van der Waals surface area contributed by atoms with Crippen molar-refractivity contribution in [3.63, 3.8) is 0 Å². The first-order valence-corrected chi connectivity index (χ1v) is 8.10. The fraction of sp³-hybridized carbons (Fsp3) is 0.462. The van der Waals surface area contributed by atoms with E-state index in [1.54, 1.807) is 24.3 Å². The predicted molar refractivity (Wildman–Crippen MR) is 77.1 cm³/mol. The van der Waals surface area contributed by atoms with Crippen LogP contribution in [-0.2, 0) is 14.8 Å². The molecule has 1 saturated heterocycles. The Kier molecular flexibility index (Phi) is 5.01. The highest BCUT2D eigenvalue weighted by molar-refractivity contribution is 7.89. The molecule has 0 bridgehead atoms. The number of morpholine rings is 1. The number of nitrogens with two attached hydrogens (primary N) is 1. The third-order valence-electron chi connectivity index (χ3n) is 3.08. The second-order valence-electron chi connectivity index (χ2n) is 4.55. The van der Waals surface area contributed by atoms with Gasteiger partial charge in [-0.15, -0.1) is 0 Å². The maximum Gasteiger partial charge on any atom is 0.217 e. The molecule has 0 spiro atoms. The molecule has 1 aromatic rings. The van der Waals surface area contributed by atoms with Gasteiger partial charge >= 0.3 is 0 Å². The molecule has 0 saturated carbocycles. The van der Waals surface area contributed by atoms with Crippen LogP contribution in [-0.4, -0.2) is 50.9 Å². The SMILES string of the molecule is N#CC1CN(S(=O)(=O)CCOc2ccccc2N)CCO1. The summed E-state index contributed by atoms with van der Waals surface area (Å²) in [5.41, 5.74) is 6.18. The number of sulfonamides is 1. The Morgan fingerprint density at radius 3 is 2.95 bits per heavy atom. The highest BCUT2D eigenvalue weighted by atomic mass is 32.2. The monoisotopic (exact) mass is 311 g/mol. The van der Waals surface area contributed by atoms with Gasteiger partial charge in [0.25, 0.3) is 0 Å². The van der Waals surface area contributed by atoms with Crippen molar-refractivity contribution in [1.29, 1.82) is 5.26 Å². The molecular weight excluding hydrogens is 294 g/mol. The second-order valence-corrected chi connectivity index (χ2v) is 6.64. The molecule has 0 amide bonds. The van der Waals surface area contributed by atoms with Crippen LogP contribution in [0.2, 0.25) is 0 Å². The lowest BCUT2D eigenvalue weighted by Crippen LogP contribution is -2.46. The van der Waals surface area contributed by atoms with E-state index in [2.05, 4.69) is 0 Å². The molecule has 0 aliphatic carbocycles. The van der Waals surface area contributed by atoms with Gasteiger partial charge in [0.15, 0.2) is 6.10 Å². The number of hydrogen-bond donors (Lipinski definition) is 1. The first-order valence-electron chi connectivity index (χ1n) is 6.49. The Labute approximate surface area is 123 Å². The minimum Gasteiger partial charge on any atom is -0.490 e. The van der Waals surface area contributed by atoms with E-state index in [1.807, 2.05) is 6.07 Å². The Morgan fingerprint density at radius 2 is 2.24 bits per heavy atom. The van der Waals surface area contributed by atoms with Gasteiger partial charge in [-0.25, -0.2) is 8.42 Å². The van der Waals surface area contributed by atoms with Gasteiger partial charge in [0.2, 0.25) is 10.0 Å². The molecule has 114 valence electrons. The van der Waals surface area contributed by atoms with E-state index >= 15 is 0 Å². The van der Waals surface area contributed by atoms with Gasteiger partial charge < -0.3 is 15.2 Å². The fourth-order valence-corrected chi connectivity index (χ4v) is 3.22. The lowest BCUT2D eigenvalue weighted by molar-refractivity contribution is 0.0310. The molecule has 1 fully saturated rings. The van der Waals surface area contributed by atoms with Crippen LogP contribution in [0.25, 0.3) is 0 Å². The molecule has 2 N–H and O–H groups in total. The summed E-state index contributed by atoms with van der Waals surface area (Å²) in [5, 5.41) is 8.79. The number of benzene rings is 1. The summed E-state index contributed by atoms with van der Waals surface area (Å²) in [6, 6.07) is 8.82. The van der Waals surface area contributed by atoms with Crippen LogP contribution in [0.4, 0.5) is 5.69 Å². The van der Waals surface area contributed by atoms with Crippen molar-refractivity contribution in [3.8, 4) is 11.8 Å². The summed E-state index contributed by atoms with van der Waals surface area (Å²) in [6.45, 7) is 0.551. The van der Waals surface area contributed by atoms with Gasteiger partial charge in [0.05, 0.1) is 30.7 Å². The zero-order valence-electron chi connectivity index (χ0n) is 11.4. The maximum absolute atomic E-state index is 12.2. The zero-order valence-corrected chi connectivity index (χ0v) is 12.3. The number of ether oxygens (including phenoxy) is 2. The average Bonchev–Trinajstić information content (AvgIpc) is 2.49. The third kappa shape index (κ3) is 4.07. The van der Waals surface area contributed by atoms with E-state index in [1.165, 1.54) is 4.31 Å². The molecular formula is C13H17N3O4S. The van der Waals surface area contributed by atoms with E-state index in [0.29, 0.717) is 11.4 Å². The first-order chi connectivity index (χ1) is 10.0. The summed E-state index contributed by atoms with van der Waals surface area (Å²) in [4.78, 5) is 0. The number of rotatable bonds is 5. The van der Waals surface area contributed by atoms with Crippen LogP contribution in [0, 0.1) is 11.3 Å².